The number of benzene rings is 2. The molecule has 0 unspecified atom stereocenters. The number of carbonyl (C=O) groups is 1. The summed E-state index contributed by atoms with van der Waals surface area (Å²) in [6.07, 6.45) is 1.41. The van der Waals surface area contributed by atoms with E-state index in [-0.39, 0.29) is 22.3 Å². The second kappa shape index (κ2) is 8.40. The Kier molecular flexibility index (Phi) is 5.39. The van der Waals surface area contributed by atoms with Gasteiger partial charge in [-0.25, -0.2) is 0 Å². The monoisotopic (exact) mass is 491 g/mol. The highest BCUT2D eigenvalue weighted by molar-refractivity contribution is 8.27. The normalized spacial score (nSPS) is 16.5. The summed E-state index contributed by atoms with van der Waals surface area (Å²) in [4.78, 5) is 27.4. The fourth-order valence-corrected chi connectivity index (χ4v) is 4.65. The lowest BCUT2D eigenvalue weighted by atomic mass is 10.1. The molecule has 0 aliphatic carbocycles. The number of nitro groups is 1. The van der Waals surface area contributed by atoms with Gasteiger partial charge in [-0.1, -0.05) is 35.9 Å². The summed E-state index contributed by atoms with van der Waals surface area (Å²) in [6.45, 7) is 1.82. The van der Waals surface area contributed by atoms with E-state index in [1.54, 1.807) is 36.4 Å². The molecule has 34 heavy (non-hydrogen) atoms. The van der Waals surface area contributed by atoms with E-state index in [1.807, 2.05) is 13.0 Å². The van der Waals surface area contributed by atoms with Gasteiger partial charge in [-0.05, 0) is 48.5 Å². The fourth-order valence-electron chi connectivity index (χ4n) is 3.44. The van der Waals surface area contributed by atoms with Crippen LogP contribution >= 0.6 is 23.4 Å². The van der Waals surface area contributed by atoms with E-state index in [1.165, 1.54) is 23.2 Å². The molecule has 1 N–H and O–H groups in total. The third-order valence-electron chi connectivity index (χ3n) is 5.17. The predicted molar refractivity (Wildman–Crippen MR) is 131 cm³/mol. The number of nitro benzene ring substituents is 1. The molecule has 0 radical (unpaired) electrons. The minimum absolute atomic E-state index is 0.00479. The number of fused-ring (bicyclic) bond motifs is 1. The van der Waals surface area contributed by atoms with Gasteiger partial charge in [-0.2, -0.15) is 15.1 Å². The van der Waals surface area contributed by atoms with E-state index in [0.29, 0.717) is 32.7 Å². The van der Waals surface area contributed by atoms with Gasteiger partial charge in [-0.3, -0.25) is 20.3 Å². The number of nitrogens with zero attached hydrogens (tertiary/aromatic N) is 4. The third-order valence-corrected chi connectivity index (χ3v) is 6.44. The van der Waals surface area contributed by atoms with Gasteiger partial charge in [0.2, 0.25) is 5.17 Å². The second-order valence-corrected chi connectivity index (χ2v) is 8.73. The number of amides is 1. The van der Waals surface area contributed by atoms with Crippen molar-refractivity contribution >= 4 is 57.1 Å². The zero-order valence-corrected chi connectivity index (χ0v) is 19.1. The molecular weight excluding hydrogens is 478 g/mol. The number of hydrogen-bond acceptors (Lipinski definition) is 7. The lowest BCUT2D eigenvalue weighted by Gasteiger charge is -2.19. The Balaban J connectivity index is 1.46. The number of non-ortho nitro benzene ring substituents is 1. The number of thioether (sulfide) groups is 1. The number of hydrogen-bond donors (Lipinski definition) is 1. The van der Waals surface area contributed by atoms with E-state index >= 15 is 0 Å². The number of hydrazone groups is 1. The van der Waals surface area contributed by atoms with Gasteiger partial charge in [-0.15, -0.1) is 0 Å². The van der Waals surface area contributed by atoms with Gasteiger partial charge in [0.1, 0.15) is 16.6 Å². The summed E-state index contributed by atoms with van der Waals surface area (Å²) >= 11 is 7.42. The number of furan rings is 1. The summed E-state index contributed by atoms with van der Waals surface area (Å²) in [7, 11) is 0. The summed E-state index contributed by atoms with van der Waals surface area (Å²) in [5.41, 5.74) is 1.99. The number of carbonyl (C=O) groups excluding carboxylic acids is 1. The summed E-state index contributed by atoms with van der Waals surface area (Å²) < 4.78 is 5.83. The fraction of sp³-hybridized carbons (Fsp3) is 0.0435. The number of aliphatic imine (C=N–C) groups is 1. The molecule has 0 atom stereocenters. The Morgan fingerprint density at radius 2 is 1.97 bits per heavy atom. The van der Waals surface area contributed by atoms with E-state index in [2.05, 4.69) is 10.1 Å². The molecule has 168 valence electrons. The molecule has 0 bridgehead atoms. The highest BCUT2D eigenvalue weighted by Crippen LogP contribution is 2.34. The quantitative estimate of drug-likeness (QED) is 0.292. The van der Waals surface area contributed by atoms with Crippen LogP contribution < -0.4 is 0 Å². The number of rotatable bonds is 4. The molecule has 5 rings (SSSR count). The maximum absolute atomic E-state index is 12.7. The number of nitrogens with one attached hydrogen (secondary N) is 1. The van der Waals surface area contributed by atoms with E-state index in [4.69, 9.17) is 21.4 Å². The molecule has 2 aliphatic rings. The average Bonchev–Trinajstić information content (AvgIpc) is 3.44. The van der Waals surface area contributed by atoms with Crippen LogP contribution in [0.25, 0.3) is 17.4 Å². The molecule has 9 nitrogen and oxygen atoms in total. The minimum Gasteiger partial charge on any atom is -0.457 e. The van der Waals surface area contributed by atoms with Crippen LogP contribution in [0.15, 0.2) is 74.7 Å². The van der Waals surface area contributed by atoms with Crippen LogP contribution in [0.2, 0.25) is 5.02 Å². The highest BCUT2D eigenvalue weighted by Gasteiger charge is 2.36. The standard InChI is InChI=1S/C23H14ClN5O4S/c1-12-6-7-13(29(31)32)10-16(12)19-9-8-14(33-19)11-17-20(25)28-23(26-21(17)30)34-22(27-28)15-4-2-3-5-18(15)24/h2-11,25H,1H3/b17-11-,25-20?. The first kappa shape index (κ1) is 21.8. The highest BCUT2D eigenvalue weighted by atomic mass is 35.5. The Hall–Kier alpha value is -4.02. The zero-order chi connectivity index (χ0) is 24.0. The maximum Gasteiger partial charge on any atom is 0.283 e. The van der Waals surface area contributed by atoms with Crippen molar-refractivity contribution < 1.29 is 14.1 Å². The molecule has 0 fully saturated rings. The first-order valence-corrected chi connectivity index (χ1v) is 11.1. The number of aryl methyl sites for hydroxylation is 1. The van der Waals surface area contributed by atoms with Crippen molar-refractivity contribution in [2.24, 2.45) is 10.1 Å². The van der Waals surface area contributed by atoms with Crippen LogP contribution in [0.4, 0.5) is 5.69 Å². The van der Waals surface area contributed by atoms with Gasteiger partial charge >= 0.3 is 0 Å². The van der Waals surface area contributed by atoms with Crippen molar-refractivity contribution in [2.45, 2.75) is 6.92 Å². The van der Waals surface area contributed by atoms with E-state index in [9.17, 15) is 14.9 Å². The van der Waals surface area contributed by atoms with Crippen molar-refractivity contribution in [3.05, 3.63) is 92.2 Å². The largest absolute Gasteiger partial charge is 0.457 e. The van der Waals surface area contributed by atoms with Crippen LogP contribution in [0, 0.1) is 22.4 Å². The van der Waals surface area contributed by atoms with Crippen molar-refractivity contribution in [1.29, 1.82) is 5.41 Å². The average molecular weight is 492 g/mol. The van der Waals surface area contributed by atoms with Crippen LogP contribution in [0.3, 0.4) is 0 Å². The summed E-state index contributed by atoms with van der Waals surface area (Å²) in [6, 6.07) is 14.9. The summed E-state index contributed by atoms with van der Waals surface area (Å²) in [5.74, 6) is -0.0320. The van der Waals surface area contributed by atoms with Crippen LogP contribution in [0.5, 0.6) is 0 Å². The van der Waals surface area contributed by atoms with E-state index in [0.717, 1.165) is 17.3 Å². The first-order valence-electron chi connectivity index (χ1n) is 9.92. The molecule has 2 aromatic carbocycles. The van der Waals surface area contributed by atoms with Gasteiger partial charge in [0.15, 0.2) is 5.84 Å². The summed E-state index contributed by atoms with van der Waals surface area (Å²) in [5, 5.41) is 26.7. The Morgan fingerprint density at radius 3 is 2.74 bits per heavy atom. The molecule has 1 aromatic heterocycles. The first-order chi connectivity index (χ1) is 16.3. The molecule has 11 heteroatoms. The van der Waals surface area contributed by atoms with Crippen LogP contribution in [-0.2, 0) is 4.79 Å². The molecule has 0 saturated carbocycles. The lowest BCUT2D eigenvalue weighted by Crippen LogP contribution is -2.35. The van der Waals surface area contributed by atoms with Crippen LogP contribution in [0.1, 0.15) is 16.9 Å². The lowest BCUT2D eigenvalue weighted by molar-refractivity contribution is -0.384. The van der Waals surface area contributed by atoms with Gasteiger partial charge in [0.05, 0.1) is 15.5 Å². The van der Waals surface area contributed by atoms with Crippen molar-refractivity contribution in [2.75, 3.05) is 0 Å². The Morgan fingerprint density at radius 1 is 1.18 bits per heavy atom. The SMILES string of the molecule is Cc1ccc([N+](=O)[O-])cc1-c1ccc(/C=C2/C(=N)N3N=C(c4ccccc4Cl)SC3=NC2=O)o1. The second-order valence-electron chi connectivity index (χ2n) is 7.36. The van der Waals surface area contributed by atoms with Gasteiger partial charge in [0, 0.05) is 23.3 Å². The maximum atomic E-state index is 12.7. The number of amidine groups is 2. The minimum atomic E-state index is -0.594. The Labute approximate surface area is 202 Å². The molecule has 3 heterocycles. The smallest absolute Gasteiger partial charge is 0.283 e. The zero-order valence-electron chi connectivity index (χ0n) is 17.5. The molecule has 1 amide bonds. The Bertz CT molecular complexity index is 1490. The molecular formula is C23H14ClN5O4S. The number of halogens is 1. The molecule has 0 spiro atoms. The van der Waals surface area contributed by atoms with E-state index < -0.39 is 10.8 Å². The van der Waals surface area contributed by atoms with Crippen molar-refractivity contribution in [1.82, 2.24) is 5.01 Å². The molecule has 0 saturated heterocycles. The van der Waals surface area contributed by atoms with Crippen molar-refractivity contribution in [3.63, 3.8) is 0 Å². The third kappa shape index (κ3) is 3.82. The van der Waals surface area contributed by atoms with Gasteiger partial charge < -0.3 is 4.42 Å². The predicted octanol–water partition coefficient (Wildman–Crippen LogP) is 5.48. The molecule has 3 aromatic rings. The van der Waals surface area contributed by atoms with Crippen LogP contribution in [-0.4, -0.2) is 31.9 Å². The van der Waals surface area contributed by atoms with Crippen molar-refractivity contribution in [3.8, 4) is 11.3 Å². The van der Waals surface area contributed by atoms with Gasteiger partial charge in [0.25, 0.3) is 11.6 Å². The molecule has 2 aliphatic heterocycles. The topological polar surface area (TPSA) is 125 Å².